The molecule has 0 aliphatic rings. The second-order valence-corrected chi connectivity index (χ2v) is 7.62. The Kier molecular flexibility index (Phi) is 6.88. The highest BCUT2D eigenvalue weighted by molar-refractivity contribution is 7.99. The number of imidazole rings is 1. The van der Waals surface area contributed by atoms with Gasteiger partial charge in [0.05, 0.1) is 11.4 Å². The lowest BCUT2D eigenvalue weighted by Crippen LogP contribution is -2.14. The number of thioether (sulfide) groups is 1. The molecule has 1 heterocycles. The summed E-state index contributed by atoms with van der Waals surface area (Å²) in [5.41, 5.74) is 4.99. The van der Waals surface area contributed by atoms with Crippen molar-refractivity contribution in [2.24, 2.45) is 0 Å². The number of para-hydroxylation sites is 1. The van der Waals surface area contributed by atoms with Crippen molar-refractivity contribution in [3.05, 3.63) is 71.5 Å². The fourth-order valence-corrected chi connectivity index (χ4v) is 3.97. The Hall–Kier alpha value is -2.86. The number of nitrogens with zero attached hydrogens (tertiary/aromatic N) is 2. The summed E-state index contributed by atoms with van der Waals surface area (Å²) in [6.45, 7) is 5.81. The van der Waals surface area contributed by atoms with E-state index in [2.05, 4.69) is 46.9 Å². The Morgan fingerprint density at radius 1 is 1.03 bits per heavy atom. The summed E-state index contributed by atoms with van der Waals surface area (Å²) in [6.07, 6.45) is 5.59. The zero-order chi connectivity index (χ0) is 20.8. The molecule has 0 bridgehead atoms. The molecule has 2 aromatic carbocycles. The van der Waals surface area contributed by atoms with E-state index in [1.54, 1.807) is 30.5 Å². The summed E-state index contributed by atoms with van der Waals surface area (Å²) in [6, 6.07) is 13.3. The summed E-state index contributed by atoms with van der Waals surface area (Å²) in [4.78, 5) is 28.2. The van der Waals surface area contributed by atoms with Crippen LogP contribution in [0.5, 0.6) is 0 Å². The fourth-order valence-electron chi connectivity index (χ4n) is 3.21. The third kappa shape index (κ3) is 4.95. The van der Waals surface area contributed by atoms with Crippen molar-refractivity contribution in [3.63, 3.8) is 0 Å². The molecule has 1 aromatic heterocycles. The van der Waals surface area contributed by atoms with Crippen molar-refractivity contribution >= 4 is 29.1 Å². The van der Waals surface area contributed by atoms with Crippen molar-refractivity contribution in [2.45, 2.75) is 38.8 Å². The smallest absolute Gasteiger partial charge is 0.234 e. The summed E-state index contributed by atoms with van der Waals surface area (Å²) in [5, 5.41) is 3.66. The molecule has 3 aromatic rings. The first-order chi connectivity index (χ1) is 14.0. The van der Waals surface area contributed by atoms with Crippen molar-refractivity contribution in [3.8, 4) is 5.69 Å². The molecule has 6 heteroatoms. The van der Waals surface area contributed by atoms with Gasteiger partial charge in [-0.15, -0.1) is 0 Å². The number of nitrogens with one attached hydrogen (secondary N) is 1. The highest BCUT2D eigenvalue weighted by Gasteiger charge is 2.14. The molecule has 0 aliphatic heterocycles. The van der Waals surface area contributed by atoms with Gasteiger partial charge in [-0.25, -0.2) is 4.98 Å². The maximum atomic E-state index is 12.4. The zero-order valence-corrected chi connectivity index (χ0v) is 17.8. The first kappa shape index (κ1) is 20.9. The molecule has 5 nitrogen and oxygen atoms in total. The lowest BCUT2D eigenvalue weighted by Gasteiger charge is -2.16. The number of carbonyl (C=O) groups excluding carboxylic acids is 2. The monoisotopic (exact) mass is 407 g/mol. The molecule has 150 valence electrons. The number of hydrogen-bond donors (Lipinski definition) is 1. The minimum Gasteiger partial charge on any atom is -0.325 e. The number of Topliss-reactive ketones (excluding diaryl/α,β-unsaturated/α-hetero) is 1. The van der Waals surface area contributed by atoms with Crippen LogP contribution >= 0.6 is 11.8 Å². The molecule has 1 amide bonds. The molecule has 29 heavy (non-hydrogen) atoms. The number of aryl methyl sites for hydroxylation is 2. The number of carbonyl (C=O) groups is 2. The molecular formula is C23H25N3O2S. The Balaban J connectivity index is 1.71. The van der Waals surface area contributed by atoms with E-state index in [0.717, 1.165) is 23.7 Å². The average Bonchev–Trinajstić information content (AvgIpc) is 3.20. The van der Waals surface area contributed by atoms with Crippen LogP contribution in [0, 0.1) is 0 Å². The van der Waals surface area contributed by atoms with Crippen LogP contribution in [0.15, 0.2) is 60.0 Å². The SMILES string of the molecule is CCc1cccc(CC)c1-n1ccnc1SCC(=O)Nc1ccc(C(C)=O)cc1. The Bertz CT molecular complexity index is 987. The molecular weight excluding hydrogens is 382 g/mol. The molecule has 0 fully saturated rings. The highest BCUT2D eigenvalue weighted by Crippen LogP contribution is 2.27. The van der Waals surface area contributed by atoms with Crippen LogP contribution in [-0.4, -0.2) is 27.0 Å². The maximum Gasteiger partial charge on any atom is 0.234 e. The van der Waals surface area contributed by atoms with Crippen LogP contribution in [-0.2, 0) is 17.6 Å². The molecule has 0 unspecified atom stereocenters. The fraction of sp³-hybridized carbons (Fsp3) is 0.261. The summed E-state index contributed by atoms with van der Waals surface area (Å²) in [7, 11) is 0. The lowest BCUT2D eigenvalue weighted by molar-refractivity contribution is -0.113. The van der Waals surface area contributed by atoms with E-state index in [1.807, 2.05) is 6.20 Å². The van der Waals surface area contributed by atoms with E-state index in [-0.39, 0.29) is 17.4 Å². The number of hydrogen-bond acceptors (Lipinski definition) is 4. The minimum absolute atomic E-state index is 0.00378. The van der Waals surface area contributed by atoms with Crippen molar-refractivity contribution in [1.29, 1.82) is 0 Å². The summed E-state index contributed by atoms with van der Waals surface area (Å²) >= 11 is 1.41. The van der Waals surface area contributed by atoms with Crippen LogP contribution in [0.3, 0.4) is 0 Å². The van der Waals surface area contributed by atoms with E-state index in [9.17, 15) is 9.59 Å². The molecule has 0 aliphatic carbocycles. The normalized spacial score (nSPS) is 10.7. The second-order valence-electron chi connectivity index (χ2n) is 6.68. The van der Waals surface area contributed by atoms with Crippen LogP contribution in [0.4, 0.5) is 5.69 Å². The van der Waals surface area contributed by atoms with Gasteiger partial charge in [-0.1, -0.05) is 43.8 Å². The molecule has 0 saturated carbocycles. The molecule has 0 radical (unpaired) electrons. The quantitative estimate of drug-likeness (QED) is 0.425. The topological polar surface area (TPSA) is 64.0 Å². The van der Waals surface area contributed by atoms with E-state index in [1.165, 1.54) is 29.8 Å². The Morgan fingerprint density at radius 3 is 2.28 bits per heavy atom. The zero-order valence-electron chi connectivity index (χ0n) is 16.9. The molecule has 0 saturated heterocycles. The minimum atomic E-state index is -0.111. The van der Waals surface area contributed by atoms with Gasteiger partial charge in [-0.05, 0) is 55.2 Å². The number of ketones is 1. The van der Waals surface area contributed by atoms with Gasteiger partial charge in [0.25, 0.3) is 0 Å². The van der Waals surface area contributed by atoms with Crippen LogP contribution in [0.25, 0.3) is 5.69 Å². The van der Waals surface area contributed by atoms with Crippen LogP contribution < -0.4 is 5.32 Å². The Morgan fingerprint density at radius 2 is 1.69 bits per heavy atom. The number of rotatable bonds is 8. The van der Waals surface area contributed by atoms with Crippen LogP contribution in [0.2, 0.25) is 0 Å². The first-order valence-electron chi connectivity index (χ1n) is 9.71. The van der Waals surface area contributed by atoms with Gasteiger partial charge in [0.1, 0.15) is 0 Å². The van der Waals surface area contributed by atoms with Gasteiger partial charge in [0.15, 0.2) is 10.9 Å². The highest BCUT2D eigenvalue weighted by atomic mass is 32.2. The summed E-state index contributed by atoms with van der Waals surface area (Å²) < 4.78 is 2.08. The summed E-state index contributed by atoms with van der Waals surface area (Å²) in [5.74, 6) is 0.144. The number of amides is 1. The van der Waals surface area contributed by atoms with E-state index < -0.39 is 0 Å². The van der Waals surface area contributed by atoms with E-state index in [4.69, 9.17) is 0 Å². The maximum absolute atomic E-state index is 12.4. The van der Waals surface area contributed by atoms with Gasteiger partial charge in [-0.2, -0.15) is 0 Å². The third-order valence-electron chi connectivity index (χ3n) is 4.72. The van der Waals surface area contributed by atoms with Gasteiger partial charge in [0, 0.05) is 23.6 Å². The van der Waals surface area contributed by atoms with Crippen molar-refractivity contribution < 1.29 is 9.59 Å². The first-order valence-corrected chi connectivity index (χ1v) is 10.7. The predicted octanol–water partition coefficient (Wildman–Crippen LogP) is 4.93. The molecule has 0 spiro atoms. The lowest BCUT2D eigenvalue weighted by atomic mass is 10.0. The average molecular weight is 408 g/mol. The van der Waals surface area contributed by atoms with Gasteiger partial charge >= 0.3 is 0 Å². The second kappa shape index (κ2) is 9.56. The largest absolute Gasteiger partial charge is 0.325 e. The Labute approximate surface area is 175 Å². The van der Waals surface area contributed by atoms with Gasteiger partial charge in [-0.3, -0.25) is 14.2 Å². The van der Waals surface area contributed by atoms with Gasteiger partial charge < -0.3 is 5.32 Å². The van der Waals surface area contributed by atoms with Crippen LogP contribution in [0.1, 0.15) is 42.3 Å². The molecule has 1 N–H and O–H groups in total. The van der Waals surface area contributed by atoms with E-state index >= 15 is 0 Å². The number of anilines is 1. The molecule has 3 rings (SSSR count). The standard InChI is InChI=1S/C23H25N3O2S/c1-4-17-7-6-8-18(5-2)22(17)26-14-13-24-23(26)29-15-21(28)25-20-11-9-19(10-12-20)16(3)27/h6-14H,4-5,15H2,1-3H3,(H,25,28). The van der Waals surface area contributed by atoms with E-state index in [0.29, 0.717) is 11.3 Å². The van der Waals surface area contributed by atoms with Gasteiger partial charge in [0.2, 0.25) is 5.91 Å². The third-order valence-corrected chi connectivity index (χ3v) is 5.69. The predicted molar refractivity (Wildman–Crippen MR) is 118 cm³/mol. The molecule has 0 atom stereocenters. The number of benzene rings is 2. The van der Waals surface area contributed by atoms with Crippen molar-refractivity contribution in [2.75, 3.05) is 11.1 Å². The van der Waals surface area contributed by atoms with Crippen molar-refractivity contribution in [1.82, 2.24) is 9.55 Å². The number of aromatic nitrogens is 2.